The molecular formula is C16H18ClN3O4S. The van der Waals surface area contributed by atoms with Gasteiger partial charge in [0.1, 0.15) is 17.5 Å². The fourth-order valence-electron chi connectivity index (χ4n) is 3.29. The van der Waals surface area contributed by atoms with Crippen molar-refractivity contribution in [2.24, 2.45) is 5.73 Å². The first kappa shape index (κ1) is 18.0. The summed E-state index contributed by atoms with van der Waals surface area (Å²) in [4.78, 5) is 38.4. The first-order chi connectivity index (χ1) is 11.8. The number of carbonyl (C=O) groups excluding carboxylic acids is 2. The van der Waals surface area contributed by atoms with Crippen LogP contribution in [0.2, 0.25) is 0 Å². The van der Waals surface area contributed by atoms with Gasteiger partial charge >= 0.3 is 5.97 Å². The number of carboxylic acid groups (broad SMARTS) is 1. The minimum absolute atomic E-state index is 0.244. The fourth-order valence-corrected chi connectivity index (χ4v) is 5.14. The lowest BCUT2D eigenvalue weighted by Gasteiger charge is -2.58. The summed E-state index contributed by atoms with van der Waals surface area (Å²) in [5.74, 6) is -1.61. The van der Waals surface area contributed by atoms with Crippen LogP contribution in [0, 0.1) is 0 Å². The number of amides is 2. The number of para-hydroxylation sites is 1. The zero-order valence-corrected chi connectivity index (χ0v) is 15.0. The lowest BCUT2D eigenvalue weighted by atomic mass is 9.93. The number of carbonyl (C=O) groups is 3. The SMILES string of the molecule is C[C@@]1(Cl)CS[C@H]2[C@H](N(C(=O)CN)c3ccccc3)C(=O)N2[C@H]1C(=O)O. The van der Waals surface area contributed by atoms with E-state index in [0.29, 0.717) is 11.4 Å². The van der Waals surface area contributed by atoms with Crippen molar-refractivity contribution in [1.29, 1.82) is 0 Å². The molecule has 0 saturated carbocycles. The van der Waals surface area contributed by atoms with Crippen LogP contribution in [0.3, 0.4) is 0 Å². The molecule has 3 rings (SSSR count). The van der Waals surface area contributed by atoms with Crippen molar-refractivity contribution in [1.82, 2.24) is 4.90 Å². The number of nitrogens with two attached hydrogens (primary N) is 1. The first-order valence-electron chi connectivity index (χ1n) is 7.72. The van der Waals surface area contributed by atoms with E-state index >= 15 is 0 Å². The van der Waals surface area contributed by atoms with Crippen LogP contribution in [-0.2, 0) is 14.4 Å². The summed E-state index contributed by atoms with van der Waals surface area (Å²) in [6, 6.07) is 6.86. The number of nitrogens with zero attached hydrogens (tertiary/aromatic N) is 2. The highest BCUT2D eigenvalue weighted by Crippen LogP contribution is 2.47. The number of rotatable bonds is 4. The molecule has 4 atom stereocenters. The average Bonchev–Trinajstić information content (AvgIpc) is 2.58. The van der Waals surface area contributed by atoms with Gasteiger partial charge in [-0.15, -0.1) is 23.4 Å². The number of carboxylic acids is 1. The quantitative estimate of drug-likeness (QED) is 0.586. The Kier molecular flexibility index (Phi) is 4.70. The van der Waals surface area contributed by atoms with Gasteiger partial charge in [-0.2, -0.15) is 0 Å². The lowest BCUT2D eigenvalue weighted by Crippen LogP contribution is -2.78. The van der Waals surface area contributed by atoms with E-state index in [4.69, 9.17) is 17.3 Å². The summed E-state index contributed by atoms with van der Waals surface area (Å²) in [7, 11) is 0. The minimum atomic E-state index is -1.15. The van der Waals surface area contributed by atoms with Gasteiger partial charge in [0.05, 0.1) is 11.4 Å². The lowest BCUT2D eigenvalue weighted by molar-refractivity contribution is -0.162. The molecule has 0 bridgehead atoms. The summed E-state index contributed by atoms with van der Waals surface area (Å²) >= 11 is 7.71. The maximum Gasteiger partial charge on any atom is 0.328 e. The molecule has 0 aliphatic carbocycles. The Morgan fingerprint density at radius 2 is 2.08 bits per heavy atom. The molecule has 0 aromatic heterocycles. The van der Waals surface area contributed by atoms with E-state index < -0.39 is 40.1 Å². The summed E-state index contributed by atoms with van der Waals surface area (Å²) in [6.45, 7) is 1.36. The molecule has 1 aromatic carbocycles. The Hall–Kier alpha value is -1.77. The Labute approximate surface area is 154 Å². The number of hydrogen-bond donors (Lipinski definition) is 2. The molecule has 1 aromatic rings. The monoisotopic (exact) mass is 383 g/mol. The smallest absolute Gasteiger partial charge is 0.328 e. The van der Waals surface area contributed by atoms with Gasteiger partial charge in [0, 0.05) is 11.4 Å². The zero-order chi connectivity index (χ0) is 18.4. The molecule has 0 radical (unpaired) electrons. The van der Waals surface area contributed by atoms with E-state index in [1.807, 2.05) is 0 Å². The van der Waals surface area contributed by atoms with E-state index in [1.165, 1.54) is 21.6 Å². The molecule has 134 valence electrons. The van der Waals surface area contributed by atoms with Crippen LogP contribution < -0.4 is 10.6 Å². The molecule has 2 aliphatic heterocycles. The number of aliphatic carboxylic acids is 1. The highest BCUT2D eigenvalue weighted by Gasteiger charge is 2.63. The van der Waals surface area contributed by atoms with Crippen molar-refractivity contribution in [3.05, 3.63) is 30.3 Å². The highest BCUT2D eigenvalue weighted by molar-refractivity contribution is 8.00. The van der Waals surface area contributed by atoms with Crippen molar-refractivity contribution in [2.75, 3.05) is 17.2 Å². The van der Waals surface area contributed by atoms with E-state index in [1.54, 1.807) is 37.3 Å². The van der Waals surface area contributed by atoms with Gasteiger partial charge in [-0.1, -0.05) is 18.2 Å². The second kappa shape index (κ2) is 6.51. The van der Waals surface area contributed by atoms with E-state index in [0.717, 1.165) is 0 Å². The molecule has 9 heteroatoms. The molecule has 2 amide bonds. The van der Waals surface area contributed by atoms with E-state index in [-0.39, 0.29) is 6.54 Å². The predicted octanol–water partition coefficient (Wildman–Crippen LogP) is 0.713. The number of hydrogen-bond acceptors (Lipinski definition) is 5. The maximum absolute atomic E-state index is 12.8. The molecular weight excluding hydrogens is 366 g/mol. The Balaban J connectivity index is 1.95. The van der Waals surface area contributed by atoms with Crippen LogP contribution in [-0.4, -0.2) is 62.4 Å². The van der Waals surface area contributed by atoms with Gasteiger partial charge < -0.3 is 15.7 Å². The number of halogens is 1. The standard InChI is InChI=1S/C16H18ClN3O4S/c1-16(17)8-25-14-11(13(22)20(14)12(16)15(23)24)19(10(21)7-18)9-5-3-2-4-6-9/h2-6,11-12,14H,7-8,18H2,1H3,(H,23,24)/t11-,12+,14+,16-/m1/s1. The summed E-state index contributed by atoms with van der Waals surface area (Å²) in [5.41, 5.74) is 6.08. The topological polar surface area (TPSA) is 104 Å². The second-order valence-electron chi connectivity index (χ2n) is 6.21. The first-order valence-corrected chi connectivity index (χ1v) is 9.15. The molecule has 0 unspecified atom stereocenters. The van der Waals surface area contributed by atoms with Gasteiger partial charge in [0.2, 0.25) is 5.91 Å². The van der Waals surface area contributed by atoms with Gasteiger partial charge in [0.15, 0.2) is 0 Å². The van der Waals surface area contributed by atoms with Gasteiger partial charge in [-0.3, -0.25) is 14.5 Å². The summed E-state index contributed by atoms with van der Waals surface area (Å²) in [5, 5.41) is 9.06. The van der Waals surface area contributed by atoms with Gasteiger partial charge in [-0.25, -0.2) is 4.79 Å². The van der Waals surface area contributed by atoms with Crippen molar-refractivity contribution in [3.8, 4) is 0 Å². The van der Waals surface area contributed by atoms with Crippen LogP contribution >= 0.6 is 23.4 Å². The molecule has 2 aliphatic rings. The largest absolute Gasteiger partial charge is 0.480 e. The van der Waals surface area contributed by atoms with Gasteiger partial charge in [0.25, 0.3) is 5.91 Å². The normalized spacial score (nSPS) is 31.1. The third-order valence-corrected chi connectivity index (χ3v) is 6.52. The third kappa shape index (κ3) is 2.88. The third-order valence-electron chi connectivity index (χ3n) is 4.43. The molecule has 3 N–H and O–H groups in total. The Morgan fingerprint density at radius 1 is 1.44 bits per heavy atom. The Bertz CT molecular complexity index is 715. The molecule has 2 saturated heterocycles. The van der Waals surface area contributed by atoms with Crippen molar-refractivity contribution >= 4 is 46.8 Å². The van der Waals surface area contributed by atoms with Gasteiger partial charge in [-0.05, 0) is 19.1 Å². The van der Waals surface area contributed by atoms with Crippen molar-refractivity contribution in [2.45, 2.75) is 29.3 Å². The number of alkyl halides is 1. The minimum Gasteiger partial charge on any atom is -0.480 e. The molecule has 7 nitrogen and oxygen atoms in total. The molecule has 2 fully saturated rings. The van der Waals surface area contributed by atoms with Crippen molar-refractivity contribution < 1.29 is 19.5 Å². The number of thioether (sulfide) groups is 1. The average molecular weight is 384 g/mol. The van der Waals surface area contributed by atoms with Crippen LogP contribution in [0.15, 0.2) is 30.3 Å². The zero-order valence-electron chi connectivity index (χ0n) is 13.5. The maximum atomic E-state index is 12.8. The van der Waals surface area contributed by atoms with Crippen LogP contribution in [0.1, 0.15) is 6.92 Å². The molecule has 25 heavy (non-hydrogen) atoms. The fraction of sp³-hybridized carbons (Fsp3) is 0.438. The predicted molar refractivity (Wildman–Crippen MR) is 95.5 cm³/mol. The van der Waals surface area contributed by atoms with Crippen molar-refractivity contribution in [3.63, 3.8) is 0 Å². The van der Waals surface area contributed by atoms with E-state index in [9.17, 15) is 19.5 Å². The summed E-state index contributed by atoms with van der Waals surface area (Å²) < 4.78 is 0. The van der Waals surface area contributed by atoms with Crippen LogP contribution in [0.25, 0.3) is 0 Å². The number of benzene rings is 1. The number of fused-ring (bicyclic) bond motifs is 1. The second-order valence-corrected chi connectivity index (χ2v) is 8.18. The number of β-lactam (4-membered cyclic amide) rings is 1. The molecule has 0 spiro atoms. The highest BCUT2D eigenvalue weighted by atomic mass is 35.5. The summed E-state index contributed by atoms with van der Waals surface area (Å²) in [6.07, 6.45) is 0. The molecule has 2 heterocycles. The number of anilines is 1. The van der Waals surface area contributed by atoms with E-state index in [2.05, 4.69) is 0 Å². The van der Waals surface area contributed by atoms with Crippen LogP contribution in [0.4, 0.5) is 5.69 Å². The Morgan fingerprint density at radius 3 is 2.64 bits per heavy atom. The van der Waals surface area contributed by atoms with Crippen LogP contribution in [0.5, 0.6) is 0 Å².